The average Bonchev–Trinajstić information content (AvgIpc) is 3.00. The Balaban J connectivity index is 1.76. The molecule has 0 aromatic heterocycles. The highest BCUT2D eigenvalue weighted by molar-refractivity contribution is 7.89. The lowest BCUT2D eigenvalue weighted by Crippen LogP contribution is -2.41. The number of aromatic carboxylic acids is 1. The molecular formula is C13H15NO5S. The maximum absolute atomic E-state index is 12.2. The first kappa shape index (κ1) is 13.5. The van der Waals surface area contributed by atoms with Gasteiger partial charge in [-0.15, -0.1) is 0 Å². The van der Waals surface area contributed by atoms with Gasteiger partial charge in [-0.2, -0.15) is 0 Å². The van der Waals surface area contributed by atoms with Crippen molar-refractivity contribution in [3.63, 3.8) is 0 Å². The number of benzene rings is 1. The minimum absolute atomic E-state index is 0.0342. The minimum atomic E-state index is -3.63. The summed E-state index contributed by atoms with van der Waals surface area (Å²) in [6.07, 6.45) is 2.72. The number of carboxylic acid groups (broad SMARTS) is 1. The Kier molecular flexibility index (Phi) is 3.27. The molecular weight excluding hydrogens is 282 g/mol. The van der Waals surface area contributed by atoms with E-state index >= 15 is 0 Å². The summed E-state index contributed by atoms with van der Waals surface area (Å²) in [6.45, 7) is 0. The van der Waals surface area contributed by atoms with Crippen LogP contribution in [0.5, 0.6) is 0 Å². The molecule has 0 radical (unpaired) electrons. The molecule has 3 atom stereocenters. The van der Waals surface area contributed by atoms with Gasteiger partial charge in [-0.3, -0.25) is 0 Å². The highest BCUT2D eigenvalue weighted by Gasteiger charge is 2.42. The van der Waals surface area contributed by atoms with E-state index in [4.69, 9.17) is 9.84 Å². The second kappa shape index (κ2) is 4.83. The number of rotatable bonds is 4. The van der Waals surface area contributed by atoms with Crippen molar-refractivity contribution in [3.8, 4) is 0 Å². The van der Waals surface area contributed by atoms with E-state index in [1.807, 2.05) is 0 Å². The summed E-state index contributed by atoms with van der Waals surface area (Å²) in [5, 5.41) is 8.80. The molecule has 2 bridgehead atoms. The zero-order valence-corrected chi connectivity index (χ0v) is 11.5. The monoisotopic (exact) mass is 297 g/mol. The summed E-state index contributed by atoms with van der Waals surface area (Å²) >= 11 is 0. The maximum atomic E-state index is 12.2. The van der Waals surface area contributed by atoms with E-state index in [1.54, 1.807) is 0 Å². The lowest BCUT2D eigenvalue weighted by Gasteiger charge is -2.19. The number of hydrogen-bond donors (Lipinski definition) is 2. The van der Waals surface area contributed by atoms with Crippen LogP contribution in [0, 0.1) is 0 Å². The third-order valence-electron chi connectivity index (χ3n) is 3.82. The number of sulfonamides is 1. The fraction of sp³-hybridized carbons (Fsp3) is 0.462. The number of carbonyl (C=O) groups is 1. The Morgan fingerprint density at radius 2 is 1.95 bits per heavy atom. The molecule has 2 aliphatic rings. The van der Waals surface area contributed by atoms with Crippen molar-refractivity contribution in [1.82, 2.24) is 4.72 Å². The van der Waals surface area contributed by atoms with E-state index < -0.39 is 16.0 Å². The average molecular weight is 297 g/mol. The van der Waals surface area contributed by atoms with Crippen LogP contribution in [0.1, 0.15) is 29.6 Å². The topological polar surface area (TPSA) is 92.7 Å². The van der Waals surface area contributed by atoms with Crippen molar-refractivity contribution in [2.45, 2.75) is 42.4 Å². The Hall–Kier alpha value is -1.44. The van der Waals surface area contributed by atoms with Crippen molar-refractivity contribution < 1.29 is 23.1 Å². The molecule has 0 spiro atoms. The summed E-state index contributed by atoms with van der Waals surface area (Å²) < 4.78 is 32.7. The smallest absolute Gasteiger partial charge is 0.335 e. The minimum Gasteiger partial charge on any atom is -0.478 e. The number of fused-ring (bicyclic) bond motifs is 2. The first-order valence-electron chi connectivity index (χ1n) is 6.47. The van der Waals surface area contributed by atoms with Crippen molar-refractivity contribution in [3.05, 3.63) is 29.8 Å². The van der Waals surface area contributed by atoms with Crippen molar-refractivity contribution in [1.29, 1.82) is 0 Å². The largest absolute Gasteiger partial charge is 0.478 e. The predicted molar refractivity (Wildman–Crippen MR) is 70.0 cm³/mol. The van der Waals surface area contributed by atoms with Gasteiger partial charge in [0.1, 0.15) is 0 Å². The van der Waals surface area contributed by atoms with Gasteiger partial charge < -0.3 is 9.84 Å². The molecule has 2 aliphatic heterocycles. The van der Waals surface area contributed by atoms with E-state index in [0.29, 0.717) is 6.42 Å². The molecule has 2 saturated heterocycles. The van der Waals surface area contributed by atoms with Crippen LogP contribution in [-0.4, -0.2) is 37.7 Å². The van der Waals surface area contributed by atoms with Crippen molar-refractivity contribution in [2.24, 2.45) is 0 Å². The molecule has 3 rings (SSSR count). The lowest BCUT2D eigenvalue weighted by molar-refractivity contribution is 0.0696. The highest BCUT2D eigenvalue weighted by atomic mass is 32.2. The Morgan fingerprint density at radius 1 is 1.25 bits per heavy atom. The SMILES string of the molecule is O=C(O)c1ccc(S(=O)(=O)N[C@@H]2C[C@H]3CC[C@@H]2O3)cc1. The van der Waals surface area contributed by atoms with Crippen LogP contribution in [0.3, 0.4) is 0 Å². The molecule has 2 heterocycles. The fourth-order valence-corrected chi connectivity index (χ4v) is 4.08. The van der Waals surface area contributed by atoms with E-state index in [2.05, 4.69) is 4.72 Å². The number of nitrogens with one attached hydrogen (secondary N) is 1. The summed E-state index contributed by atoms with van der Waals surface area (Å²) in [5.41, 5.74) is 0.0622. The second-order valence-electron chi connectivity index (χ2n) is 5.17. The Bertz CT molecular complexity index is 625. The highest BCUT2D eigenvalue weighted by Crippen LogP contribution is 2.35. The molecule has 0 amide bonds. The molecule has 6 nitrogen and oxygen atoms in total. The number of ether oxygens (including phenoxy) is 1. The standard InChI is InChI=1S/C13H15NO5S/c15-13(16)8-1-4-10(5-2-8)20(17,18)14-11-7-9-3-6-12(11)19-9/h1-2,4-5,9,11-12,14H,3,6-7H2,(H,15,16)/t9-,11-,12+/m1/s1. The molecule has 0 saturated carbocycles. The van der Waals surface area contributed by atoms with Gasteiger partial charge in [0, 0.05) is 0 Å². The first-order valence-corrected chi connectivity index (χ1v) is 7.95. The molecule has 1 aromatic carbocycles. The van der Waals surface area contributed by atoms with Crippen LogP contribution in [-0.2, 0) is 14.8 Å². The van der Waals surface area contributed by atoms with Gasteiger partial charge in [0.15, 0.2) is 0 Å². The van der Waals surface area contributed by atoms with Gasteiger partial charge >= 0.3 is 5.97 Å². The van der Waals surface area contributed by atoms with Crippen LogP contribution < -0.4 is 4.72 Å². The van der Waals surface area contributed by atoms with E-state index in [9.17, 15) is 13.2 Å². The molecule has 108 valence electrons. The quantitative estimate of drug-likeness (QED) is 0.864. The van der Waals surface area contributed by atoms with Crippen LogP contribution in [0.15, 0.2) is 29.2 Å². The Labute approximate surface area is 116 Å². The summed E-state index contributed by atoms with van der Waals surface area (Å²) in [4.78, 5) is 10.8. The van der Waals surface area contributed by atoms with Gasteiger partial charge in [-0.1, -0.05) is 0 Å². The van der Waals surface area contributed by atoms with Crippen molar-refractivity contribution >= 4 is 16.0 Å². The zero-order chi connectivity index (χ0) is 14.3. The fourth-order valence-electron chi connectivity index (χ4n) is 2.81. The lowest BCUT2D eigenvalue weighted by atomic mass is 9.96. The molecule has 20 heavy (non-hydrogen) atoms. The summed E-state index contributed by atoms with van der Waals surface area (Å²) in [5.74, 6) is -1.08. The van der Waals surface area contributed by atoms with Gasteiger partial charge in [0.25, 0.3) is 0 Å². The van der Waals surface area contributed by atoms with Gasteiger partial charge in [0.2, 0.25) is 10.0 Å². The first-order chi connectivity index (χ1) is 9.45. The molecule has 1 aromatic rings. The molecule has 0 aliphatic carbocycles. The van der Waals surface area contributed by atoms with Crippen LogP contribution in [0.25, 0.3) is 0 Å². The zero-order valence-electron chi connectivity index (χ0n) is 10.7. The Morgan fingerprint density at radius 3 is 2.45 bits per heavy atom. The molecule has 2 N–H and O–H groups in total. The van der Waals surface area contributed by atoms with Gasteiger partial charge in [-0.25, -0.2) is 17.9 Å². The number of hydrogen-bond acceptors (Lipinski definition) is 4. The van der Waals surface area contributed by atoms with E-state index in [0.717, 1.165) is 12.8 Å². The number of carboxylic acids is 1. The predicted octanol–water partition coefficient (Wildman–Crippen LogP) is 0.983. The summed E-state index contributed by atoms with van der Waals surface area (Å²) in [6, 6.07) is 5.00. The van der Waals surface area contributed by atoms with Crippen molar-refractivity contribution in [2.75, 3.05) is 0 Å². The maximum Gasteiger partial charge on any atom is 0.335 e. The van der Waals surface area contributed by atoms with Crippen LogP contribution >= 0.6 is 0 Å². The van der Waals surface area contributed by atoms with E-state index in [-0.39, 0.29) is 28.7 Å². The second-order valence-corrected chi connectivity index (χ2v) is 6.88. The van der Waals surface area contributed by atoms with Gasteiger partial charge in [-0.05, 0) is 43.5 Å². The normalized spacial score (nSPS) is 28.7. The third kappa shape index (κ3) is 2.44. The van der Waals surface area contributed by atoms with Gasteiger partial charge in [0.05, 0.1) is 28.7 Å². The third-order valence-corrected chi connectivity index (χ3v) is 5.33. The summed E-state index contributed by atoms with van der Waals surface area (Å²) in [7, 11) is -3.63. The van der Waals surface area contributed by atoms with E-state index in [1.165, 1.54) is 24.3 Å². The van der Waals surface area contributed by atoms with Crippen LogP contribution in [0.4, 0.5) is 0 Å². The van der Waals surface area contributed by atoms with Crippen LogP contribution in [0.2, 0.25) is 0 Å². The molecule has 7 heteroatoms. The molecule has 2 fully saturated rings. The molecule has 0 unspecified atom stereocenters.